The lowest BCUT2D eigenvalue weighted by atomic mass is 9.85. The average Bonchev–Trinajstić information content (AvgIpc) is 3.31. The average molecular weight is 411 g/mol. The summed E-state index contributed by atoms with van der Waals surface area (Å²) in [5.41, 5.74) is 1.30. The van der Waals surface area contributed by atoms with Crippen LogP contribution in [0.4, 0.5) is 14.6 Å². The van der Waals surface area contributed by atoms with Gasteiger partial charge in [-0.15, -0.1) is 0 Å². The molecule has 0 saturated heterocycles. The molecular weight excluding hydrogens is 396 g/mol. The van der Waals surface area contributed by atoms with E-state index in [1.54, 1.807) is 25.1 Å². The number of fused-ring (bicyclic) bond motifs is 2. The van der Waals surface area contributed by atoms with Gasteiger partial charge >= 0.3 is 0 Å². The Hall–Kier alpha value is -3.75. The van der Waals surface area contributed by atoms with E-state index < -0.39 is 23.5 Å². The van der Waals surface area contributed by atoms with Gasteiger partial charge in [-0.25, -0.2) is 13.5 Å². The maximum atomic E-state index is 14.4. The highest BCUT2D eigenvalue weighted by Crippen LogP contribution is 2.40. The third-order valence-corrected chi connectivity index (χ3v) is 5.21. The number of anilines is 1. The molecule has 152 valence electrons. The number of ether oxygens (including phenoxy) is 2. The number of ketones is 1. The highest BCUT2D eigenvalue weighted by atomic mass is 19.1. The fourth-order valence-electron chi connectivity index (χ4n) is 3.85. The quantitative estimate of drug-likeness (QED) is 0.667. The van der Waals surface area contributed by atoms with Crippen molar-refractivity contribution in [3.05, 3.63) is 64.9 Å². The van der Waals surface area contributed by atoms with E-state index in [0.29, 0.717) is 28.3 Å². The number of nitrogens with zero attached hydrogens (tertiary/aromatic N) is 2. The van der Waals surface area contributed by atoms with Crippen LogP contribution in [0.25, 0.3) is 5.69 Å². The van der Waals surface area contributed by atoms with Crippen LogP contribution < -0.4 is 14.8 Å². The van der Waals surface area contributed by atoms with E-state index >= 15 is 0 Å². The molecule has 0 spiro atoms. The van der Waals surface area contributed by atoms with E-state index in [1.807, 2.05) is 0 Å². The monoisotopic (exact) mass is 411 g/mol. The maximum absolute atomic E-state index is 14.4. The van der Waals surface area contributed by atoms with Gasteiger partial charge in [-0.2, -0.15) is 5.10 Å². The molecule has 1 N–H and O–H groups in total. The van der Waals surface area contributed by atoms with Gasteiger partial charge in [0, 0.05) is 23.6 Å². The molecule has 0 unspecified atom stereocenters. The van der Waals surface area contributed by atoms with Crippen LogP contribution in [0.3, 0.4) is 0 Å². The van der Waals surface area contributed by atoms with Crippen LogP contribution >= 0.6 is 0 Å². The van der Waals surface area contributed by atoms with E-state index in [-0.39, 0.29) is 30.5 Å². The second-order valence-corrected chi connectivity index (χ2v) is 7.09. The highest BCUT2D eigenvalue weighted by molar-refractivity contribution is 6.08. The van der Waals surface area contributed by atoms with Crippen molar-refractivity contribution in [1.29, 1.82) is 0 Å². The van der Waals surface area contributed by atoms with Crippen molar-refractivity contribution in [3.63, 3.8) is 0 Å². The lowest BCUT2D eigenvalue weighted by Crippen LogP contribution is -2.28. The number of nitrogens with one attached hydrogen (secondary N) is 1. The van der Waals surface area contributed by atoms with Gasteiger partial charge in [0.1, 0.15) is 17.3 Å². The number of hydrogen-bond donors (Lipinski definition) is 1. The Morgan fingerprint density at radius 1 is 1.17 bits per heavy atom. The Kier molecular flexibility index (Phi) is 4.05. The lowest BCUT2D eigenvalue weighted by Gasteiger charge is -2.23. The smallest absolute Gasteiger partial charge is 0.231 e. The number of carbonyl (C=O) groups excluding carboxylic acids is 2. The van der Waals surface area contributed by atoms with Gasteiger partial charge in [-0.05, 0) is 37.3 Å². The van der Waals surface area contributed by atoms with Gasteiger partial charge in [0.25, 0.3) is 0 Å². The number of halogens is 2. The van der Waals surface area contributed by atoms with Crippen molar-refractivity contribution in [2.75, 3.05) is 12.1 Å². The molecule has 2 aliphatic rings. The molecule has 0 fully saturated rings. The van der Waals surface area contributed by atoms with Gasteiger partial charge in [-0.1, -0.05) is 0 Å². The molecule has 0 aliphatic carbocycles. The Morgan fingerprint density at radius 3 is 2.77 bits per heavy atom. The first kappa shape index (κ1) is 18.3. The summed E-state index contributed by atoms with van der Waals surface area (Å²) < 4.78 is 39.5. The van der Waals surface area contributed by atoms with E-state index in [4.69, 9.17) is 9.47 Å². The molecule has 0 bridgehead atoms. The van der Waals surface area contributed by atoms with Crippen LogP contribution in [-0.4, -0.2) is 28.3 Å². The summed E-state index contributed by atoms with van der Waals surface area (Å²) >= 11 is 0. The topological polar surface area (TPSA) is 82.5 Å². The predicted molar refractivity (Wildman–Crippen MR) is 101 cm³/mol. The molecular formula is C21H15F2N3O4. The van der Waals surface area contributed by atoms with Crippen LogP contribution in [0.1, 0.15) is 34.0 Å². The first-order valence-corrected chi connectivity index (χ1v) is 9.21. The molecule has 3 aromatic rings. The molecule has 0 radical (unpaired) electrons. The van der Waals surface area contributed by atoms with Gasteiger partial charge < -0.3 is 14.8 Å². The van der Waals surface area contributed by atoms with Crippen molar-refractivity contribution in [2.24, 2.45) is 0 Å². The van der Waals surface area contributed by atoms with Gasteiger partial charge in [0.15, 0.2) is 23.1 Å². The SMILES string of the molecule is Cc1nn(-c2ccc(F)cc2F)c2c1[C@@H](C(=O)c1ccc3c(c1)OCO3)CC(=O)N2. The van der Waals surface area contributed by atoms with Gasteiger partial charge in [0.05, 0.1) is 11.6 Å². The molecule has 1 amide bonds. The number of aromatic nitrogens is 2. The van der Waals surface area contributed by atoms with E-state index in [1.165, 1.54) is 10.7 Å². The summed E-state index contributed by atoms with van der Waals surface area (Å²) in [4.78, 5) is 25.7. The summed E-state index contributed by atoms with van der Waals surface area (Å²) in [6, 6.07) is 7.90. The largest absolute Gasteiger partial charge is 0.454 e. The molecule has 9 heteroatoms. The molecule has 7 nitrogen and oxygen atoms in total. The molecule has 0 saturated carbocycles. The Morgan fingerprint density at radius 2 is 1.97 bits per heavy atom. The third-order valence-electron chi connectivity index (χ3n) is 5.21. The second-order valence-electron chi connectivity index (χ2n) is 7.09. The Balaban J connectivity index is 1.60. The molecule has 3 heterocycles. The van der Waals surface area contributed by atoms with Crippen molar-refractivity contribution in [2.45, 2.75) is 19.3 Å². The third kappa shape index (κ3) is 2.81. The predicted octanol–water partition coefficient (Wildman–Crippen LogP) is 3.50. The molecule has 2 aromatic carbocycles. The summed E-state index contributed by atoms with van der Waals surface area (Å²) in [7, 11) is 0. The molecule has 2 aliphatic heterocycles. The standard InChI is InChI=1S/C21H15F2N3O4/c1-10-19-13(20(28)11-2-5-16-17(6-11)30-9-29-16)8-18(27)24-21(19)26(25-10)15-4-3-12(22)7-14(15)23/h2-7,13H,8-9H2,1H3,(H,24,27)/t13-/m0/s1. The molecule has 5 rings (SSSR count). The summed E-state index contributed by atoms with van der Waals surface area (Å²) in [5, 5.41) is 6.99. The second kappa shape index (κ2) is 6.65. The fourth-order valence-corrected chi connectivity index (χ4v) is 3.85. The lowest BCUT2D eigenvalue weighted by molar-refractivity contribution is -0.116. The number of rotatable bonds is 3. The zero-order valence-corrected chi connectivity index (χ0v) is 15.7. The van der Waals surface area contributed by atoms with Crippen LogP contribution in [0, 0.1) is 18.6 Å². The minimum Gasteiger partial charge on any atom is -0.454 e. The van der Waals surface area contributed by atoms with E-state index in [2.05, 4.69) is 10.4 Å². The fraction of sp³-hybridized carbons (Fsp3) is 0.190. The van der Waals surface area contributed by atoms with Crippen molar-refractivity contribution >= 4 is 17.5 Å². The number of Topliss-reactive ketones (excluding diaryl/α,β-unsaturated/α-hetero) is 1. The first-order valence-electron chi connectivity index (χ1n) is 9.21. The Bertz CT molecular complexity index is 1220. The van der Waals surface area contributed by atoms with Crippen molar-refractivity contribution in [1.82, 2.24) is 9.78 Å². The Labute approximate surface area is 169 Å². The van der Waals surface area contributed by atoms with Crippen molar-refractivity contribution in [3.8, 4) is 17.2 Å². The number of carbonyl (C=O) groups is 2. The zero-order valence-electron chi connectivity index (χ0n) is 15.7. The molecule has 1 aromatic heterocycles. The first-order chi connectivity index (χ1) is 14.4. The molecule has 30 heavy (non-hydrogen) atoms. The van der Waals surface area contributed by atoms with E-state index in [9.17, 15) is 18.4 Å². The van der Waals surface area contributed by atoms with Crippen LogP contribution in [0.15, 0.2) is 36.4 Å². The van der Waals surface area contributed by atoms with Crippen LogP contribution in [-0.2, 0) is 4.79 Å². The number of amides is 1. The van der Waals surface area contributed by atoms with Crippen LogP contribution in [0.5, 0.6) is 11.5 Å². The number of hydrogen-bond acceptors (Lipinski definition) is 5. The van der Waals surface area contributed by atoms with Crippen molar-refractivity contribution < 1.29 is 27.8 Å². The van der Waals surface area contributed by atoms with E-state index in [0.717, 1.165) is 12.1 Å². The van der Waals surface area contributed by atoms with Gasteiger partial charge in [-0.3, -0.25) is 9.59 Å². The summed E-state index contributed by atoms with van der Waals surface area (Å²) in [6.45, 7) is 1.76. The normalized spacial score (nSPS) is 16.9. The molecule has 1 atom stereocenters. The summed E-state index contributed by atoms with van der Waals surface area (Å²) in [5.74, 6) is -1.84. The number of benzene rings is 2. The minimum absolute atomic E-state index is 0.0303. The number of aryl methyl sites for hydroxylation is 1. The summed E-state index contributed by atoms with van der Waals surface area (Å²) in [6.07, 6.45) is -0.0707. The van der Waals surface area contributed by atoms with Gasteiger partial charge in [0.2, 0.25) is 12.7 Å². The highest BCUT2D eigenvalue weighted by Gasteiger charge is 2.37. The maximum Gasteiger partial charge on any atom is 0.231 e. The zero-order chi connectivity index (χ0) is 21.0. The van der Waals surface area contributed by atoms with Crippen LogP contribution in [0.2, 0.25) is 0 Å². The minimum atomic E-state index is -0.834.